The predicted molar refractivity (Wildman–Crippen MR) is 93.8 cm³/mol. The molecule has 0 aliphatic rings. The Morgan fingerprint density at radius 2 is 1.52 bits per heavy atom. The van der Waals surface area contributed by atoms with E-state index in [-0.39, 0.29) is 0 Å². The first-order chi connectivity index (χ1) is 12.0. The summed E-state index contributed by atoms with van der Waals surface area (Å²) in [6.45, 7) is 3.70. The second-order valence-electron chi connectivity index (χ2n) is 5.23. The summed E-state index contributed by atoms with van der Waals surface area (Å²) in [5.74, 6) is 0. The average Bonchev–Trinajstić information content (AvgIpc) is 2.62. The van der Waals surface area contributed by atoms with Crippen LogP contribution >= 0.6 is 0 Å². The highest BCUT2D eigenvalue weighted by Crippen LogP contribution is 2.28. The molecule has 0 saturated heterocycles. The molecule has 0 radical (unpaired) electrons. The van der Waals surface area contributed by atoms with Crippen LogP contribution in [0.25, 0.3) is 0 Å². The molecule has 2 rings (SSSR count). The predicted octanol–water partition coefficient (Wildman–Crippen LogP) is 5.06. The number of imide groups is 1. The van der Waals surface area contributed by atoms with Crippen LogP contribution in [-0.4, -0.2) is 26.4 Å². The third-order valence-electron chi connectivity index (χ3n) is 3.52. The molecule has 0 spiro atoms. The van der Waals surface area contributed by atoms with Crippen LogP contribution in [-0.2, 0) is 9.47 Å². The van der Waals surface area contributed by atoms with Crippen molar-refractivity contribution in [2.24, 2.45) is 10.2 Å². The maximum Gasteiger partial charge on any atom is 0.423 e. The lowest BCUT2D eigenvalue weighted by molar-refractivity contribution is 0.159. The molecule has 0 unspecified atom stereocenters. The van der Waals surface area contributed by atoms with E-state index in [4.69, 9.17) is 0 Å². The Bertz CT molecular complexity index is 802. The fraction of sp³-hybridized carbons (Fsp3) is 0.222. The molecule has 2 aromatic rings. The van der Waals surface area contributed by atoms with E-state index in [1.165, 1.54) is 14.2 Å². The minimum absolute atomic E-state index is 0.355. The van der Waals surface area contributed by atoms with E-state index >= 15 is 0 Å². The first kappa shape index (κ1) is 18.1. The van der Waals surface area contributed by atoms with Crippen molar-refractivity contribution < 1.29 is 19.1 Å². The Hall–Kier alpha value is -3.22. The van der Waals surface area contributed by atoms with E-state index < -0.39 is 12.2 Å². The van der Waals surface area contributed by atoms with Crippen molar-refractivity contribution in [2.75, 3.05) is 19.1 Å². The number of hydrogen-bond donors (Lipinski definition) is 0. The van der Waals surface area contributed by atoms with Crippen molar-refractivity contribution >= 4 is 29.2 Å². The van der Waals surface area contributed by atoms with Crippen LogP contribution < -0.4 is 4.90 Å². The average molecular weight is 341 g/mol. The van der Waals surface area contributed by atoms with Gasteiger partial charge in [0.15, 0.2) is 0 Å². The van der Waals surface area contributed by atoms with Crippen molar-refractivity contribution in [3.8, 4) is 0 Å². The Morgan fingerprint density at radius 3 is 2.08 bits per heavy atom. The molecule has 0 aliphatic carbocycles. The first-order valence-electron chi connectivity index (χ1n) is 7.52. The van der Waals surface area contributed by atoms with Crippen LogP contribution in [0.3, 0.4) is 0 Å². The molecule has 0 bridgehead atoms. The summed E-state index contributed by atoms with van der Waals surface area (Å²) in [4.78, 5) is 24.5. The van der Waals surface area contributed by atoms with Crippen molar-refractivity contribution in [2.45, 2.75) is 13.8 Å². The van der Waals surface area contributed by atoms with E-state index in [0.717, 1.165) is 16.2 Å². The van der Waals surface area contributed by atoms with Gasteiger partial charge in [-0.25, -0.2) is 9.59 Å². The number of benzene rings is 2. The monoisotopic (exact) mass is 341 g/mol. The summed E-state index contributed by atoms with van der Waals surface area (Å²) < 4.78 is 9.28. The van der Waals surface area contributed by atoms with Gasteiger partial charge >= 0.3 is 12.2 Å². The lowest BCUT2D eigenvalue weighted by atomic mass is 10.1. The zero-order valence-electron chi connectivity index (χ0n) is 14.5. The molecule has 0 heterocycles. The van der Waals surface area contributed by atoms with Crippen LogP contribution in [0, 0.1) is 13.8 Å². The second-order valence-corrected chi connectivity index (χ2v) is 5.23. The minimum atomic E-state index is -0.829. The van der Waals surface area contributed by atoms with Gasteiger partial charge in [-0.2, -0.15) is 15.1 Å². The van der Waals surface area contributed by atoms with Gasteiger partial charge in [-0.1, -0.05) is 18.2 Å². The number of rotatable bonds is 3. The van der Waals surface area contributed by atoms with Crippen molar-refractivity contribution in [1.29, 1.82) is 0 Å². The standard InChI is InChI=1S/C18H19N3O4/c1-12-7-5-6-8-15(12)20-19-14-9-10-16(13(2)11-14)21(17(22)24-3)18(23)25-4/h5-11H,1-4H3. The van der Waals surface area contributed by atoms with Crippen LogP contribution in [0.15, 0.2) is 52.7 Å². The molecule has 0 aliphatic heterocycles. The third kappa shape index (κ3) is 4.20. The zero-order chi connectivity index (χ0) is 18.4. The molecule has 2 aromatic carbocycles. The number of anilines is 1. The molecule has 25 heavy (non-hydrogen) atoms. The van der Waals surface area contributed by atoms with Crippen LogP contribution in [0.1, 0.15) is 11.1 Å². The van der Waals surface area contributed by atoms with Gasteiger partial charge in [0, 0.05) is 0 Å². The van der Waals surface area contributed by atoms with E-state index in [1.54, 1.807) is 25.1 Å². The molecule has 0 fully saturated rings. The Kier molecular flexibility index (Phi) is 5.84. The van der Waals surface area contributed by atoms with Crippen LogP contribution in [0.2, 0.25) is 0 Å². The molecule has 0 saturated carbocycles. The fourth-order valence-corrected chi connectivity index (χ4v) is 2.19. The van der Waals surface area contributed by atoms with E-state index in [2.05, 4.69) is 19.7 Å². The van der Waals surface area contributed by atoms with Gasteiger partial charge in [0.25, 0.3) is 0 Å². The lowest BCUT2D eigenvalue weighted by Crippen LogP contribution is -2.37. The minimum Gasteiger partial charge on any atom is -0.452 e. The van der Waals surface area contributed by atoms with E-state index in [0.29, 0.717) is 16.9 Å². The third-order valence-corrected chi connectivity index (χ3v) is 3.52. The first-order valence-corrected chi connectivity index (χ1v) is 7.52. The zero-order valence-corrected chi connectivity index (χ0v) is 14.5. The molecule has 0 aromatic heterocycles. The molecular formula is C18H19N3O4. The van der Waals surface area contributed by atoms with Crippen LogP contribution in [0.4, 0.5) is 26.7 Å². The number of carbonyl (C=O) groups is 2. The van der Waals surface area contributed by atoms with Crippen molar-refractivity contribution in [3.63, 3.8) is 0 Å². The second kappa shape index (κ2) is 8.05. The van der Waals surface area contributed by atoms with Gasteiger partial charge in [0.05, 0.1) is 31.3 Å². The highest BCUT2D eigenvalue weighted by atomic mass is 16.6. The highest BCUT2D eigenvalue weighted by molar-refractivity contribution is 6.09. The number of amides is 2. The molecular weight excluding hydrogens is 322 g/mol. The van der Waals surface area contributed by atoms with Gasteiger partial charge < -0.3 is 9.47 Å². The number of ether oxygens (including phenoxy) is 2. The van der Waals surface area contributed by atoms with Crippen LogP contribution in [0.5, 0.6) is 0 Å². The summed E-state index contributed by atoms with van der Waals surface area (Å²) in [7, 11) is 2.39. The molecule has 2 amide bonds. The van der Waals surface area contributed by atoms with E-state index in [1.807, 2.05) is 31.2 Å². The largest absolute Gasteiger partial charge is 0.452 e. The highest BCUT2D eigenvalue weighted by Gasteiger charge is 2.26. The number of carbonyl (C=O) groups excluding carboxylic acids is 2. The number of nitrogens with zero attached hydrogens (tertiary/aromatic N) is 3. The normalized spacial score (nSPS) is 10.6. The van der Waals surface area contributed by atoms with Gasteiger partial charge in [-0.05, 0) is 49.2 Å². The molecule has 7 nitrogen and oxygen atoms in total. The van der Waals surface area contributed by atoms with Gasteiger partial charge in [-0.15, -0.1) is 0 Å². The number of azo groups is 1. The quantitative estimate of drug-likeness (QED) is 0.731. The Morgan fingerprint density at radius 1 is 0.880 bits per heavy atom. The molecule has 7 heteroatoms. The molecule has 130 valence electrons. The maximum atomic E-state index is 11.9. The van der Waals surface area contributed by atoms with Gasteiger partial charge in [0.1, 0.15) is 0 Å². The van der Waals surface area contributed by atoms with Gasteiger partial charge in [-0.3, -0.25) is 0 Å². The topological polar surface area (TPSA) is 80.6 Å². The van der Waals surface area contributed by atoms with E-state index in [9.17, 15) is 9.59 Å². The van der Waals surface area contributed by atoms with Gasteiger partial charge in [0.2, 0.25) is 0 Å². The van der Waals surface area contributed by atoms with Crippen molar-refractivity contribution in [1.82, 2.24) is 0 Å². The smallest absolute Gasteiger partial charge is 0.423 e. The fourth-order valence-electron chi connectivity index (χ4n) is 2.19. The number of aryl methyl sites for hydroxylation is 2. The molecule has 0 N–H and O–H groups in total. The maximum absolute atomic E-state index is 11.9. The number of hydrogen-bond acceptors (Lipinski definition) is 6. The summed E-state index contributed by atoms with van der Waals surface area (Å²) >= 11 is 0. The Labute approximate surface area is 145 Å². The van der Waals surface area contributed by atoms with Crippen molar-refractivity contribution in [3.05, 3.63) is 53.6 Å². The molecule has 0 atom stereocenters. The SMILES string of the molecule is COC(=O)N(C(=O)OC)c1ccc(N=Nc2ccccc2C)cc1C. The Balaban J connectivity index is 2.32. The number of methoxy groups -OCH3 is 2. The summed E-state index contributed by atoms with van der Waals surface area (Å²) in [5.41, 5.74) is 3.39. The summed E-state index contributed by atoms with van der Waals surface area (Å²) in [6, 6.07) is 12.6. The summed E-state index contributed by atoms with van der Waals surface area (Å²) in [5, 5.41) is 8.43. The summed E-state index contributed by atoms with van der Waals surface area (Å²) in [6.07, 6.45) is -1.66. The lowest BCUT2D eigenvalue weighted by Gasteiger charge is -2.19.